The molecule has 0 bridgehead atoms. The van der Waals surface area contributed by atoms with Gasteiger partial charge >= 0.3 is 5.97 Å². The smallest absolute Gasteiger partial charge is 0.328 e. The SMILES string of the molecule is COC(=O)[C@H](CC[S@@](=O)c1ccccc1)NC(=O)[C@H](OC)c1ccccc1. The number of esters is 1. The van der Waals surface area contributed by atoms with Crippen LogP contribution < -0.4 is 5.32 Å². The van der Waals surface area contributed by atoms with E-state index in [2.05, 4.69) is 5.32 Å². The second kappa shape index (κ2) is 10.6. The van der Waals surface area contributed by atoms with Crippen LogP contribution in [0.5, 0.6) is 0 Å². The van der Waals surface area contributed by atoms with Crippen LogP contribution in [0.1, 0.15) is 18.1 Å². The van der Waals surface area contributed by atoms with Gasteiger partial charge in [-0.3, -0.25) is 9.00 Å². The first-order valence-corrected chi connectivity index (χ1v) is 9.78. The monoisotopic (exact) mass is 389 g/mol. The summed E-state index contributed by atoms with van der Waals surface area (Å²) in [4.78, 5) is 25.3. The van der Waals surface area contributed by atoms with Crippen molar-refractivity contribution in [1.82, 2.24) is 5.32 Å². The quantitative estimate of drug-likeness (QED) is 0.665. The van der Waals surface area contributed by atoms with Crippen molar-refractivity contribution in [2.75, 3.05) is 20.0 Å². The fraction of sp³-hybridized carbons (Fsp3) is 0.300. The zero-order valence-corrected chi connectivity index (χ0v) is 16.1. The Morgan fingerprint density at radius 1 is 1.00 bits per heavy atom. The molecule has 1 N–H and O–H groups in total. The summed E-state index contributed by atoms with van der Waals surface area (Å²) in [5, 5.41) is 2.65. The molecule has 0 aliphatic heterocycles. The largest absolute Gasteiger partial charge is 0.467 e. The molecule has 0 saturated carbocycles. The van der Waals surface area contributed by atoms with E-state index in [1.807, 2.05) is 12.1 Å². The zero-order valence-electron chi connectivity index (χ0n) is 15.3. The molecule has 2 rings (SSSR count). The molecule has 0 saturated heterocycles. The van der Waals surface area contributed by atoms with E-state index in [-0.39, 0.29) is 12.2 Å². The van der Waals surface area contributed by atoms with Gasteiger partial charge in [0.05, 0.1) is 17.9 Å². The van der Waals surface area contributed by atoms with Gasteiger partial charge in [0.15, 0.2) is 6.10 Å². The van der Waals surface area contributed by atoms with Gasteiger partial charge in [0.25, 0.3) is 5.91 Å². The van der Waals surface area contributed by atoms with Gasteiger partial charge in [-0.1, -0.05) is 48.5 Å². The first kappa shape index (κ1) is 20.8. The molecule has 2 aromatic rings. The van der Waals surface area contributed by atoms with Crippen LogP contribution in [0.2, 0.25) is 0 Å². The number of amides is 1. The van der Waals surface area contributed by atoms with Crippen molar-refractivity contribution in [3.8, 4) is 0 Å². The van der Waals surface area contributed by atoms with Crippen molar-refractivity contribution in [3.63, 3.8) is 0 Å². The van der Waals surface area contributed by atoms with E-state index in [4.69, 9.17) is 9.47 Å². The lowest BCUT2D eigenvalue weighted by Gasteiger charge is -2.20. The summed E-state index contributed by atoms with van der Waals surface area (Å²) in [5.74, 6) is -0.825. The van der Waals surface area contributed by atoms with Gasteiger partial charge in [-0.25, -0.2) is 4.79 Å². The van der Waals surface area contributed by atoms with E-state index in [1.165, 1.54) is 14.2 Å². The van der Waals surface area contributed by atoms with Crippen LogP contribution in [0, 0.1) is 0 Å². The summed E-state index contributed by atoms with van der Waals surface area (Å²) in [5.41, 5.74) is 0.675. The predicted molar refractivity (Wildman–Crippen MR) is 102 cm³/mol. The maximum Gasteiger partial charge on any atom is 0.328 e. The summed E-state index contributed by atoms with van der Waals surface area (Å²) in [6.07, 6.45) is -0.663. The zero-order chi connectivity index (χ0) is 19.6. The van der Waals surface area contributed by atoms with Gasteiger partial charge in [0, 0.05) is 17.8 Å². The molecule has 144 valence electrons. The Morgan fingerprint density at radius 3 is 2.15 bits per heavy atom. The van der Waals surface area contributed by atoms with Gasteiger partial charge in [0.1, 0.15) is 6.04 Å². The molecule has 7 heteroatoms. The molecule has 0 unspecified atom stereocenters. The number of benzene rings is 2. The van der Waals surface area contributed by atoms with E-state index in [1.54, 1.807) is 48.5 Å². The highest BCUT2D eigenvalue weighted by molar-refractivity contribution is 7.85. The van der Waals surface area contributed by atoms with Crippen LogP contribution in [-0.4, -0.2) is 42.1 Å². The highest BCUT2D eigenvalue weighted by Crippen LogP contribution is 2.17. The Labute approximate surface area is 161 Å². The van der Waals surface area contributed by atoms with Gasteiger partial charge in [-0.05, 0) is 24.1 Å². The second-order valence-corrected chi connectivity index (χ2v) is 7.33. The van der Waals surface area contributed by atoms with Crippen LogP contribution in [0.3, 0.4) is 0 Å². The molecular formula is C20H23NO5S. The van der Waals surface area contributed by atoms with Crippen molar-refractivity contribution < 1.29 is 23.3 Å². The van der Waals surface area contributed by atoms with Crippen molar-refractivity contribution in [2.24, 2.45) is 0 Å². The first-order valence-electron chi connectivity index (χ1n) is 8.46. The summed E-state index contributed by atoms with van der Waals surface area (Å²) in [6, 6.07) is 17.0. The number of carbonyl (C=O) groups is 2. The standard InChI is InChI=1S/C20H23NO5S/c1-25-18(15-9-5-3-6-10-15)19(22)21-17(20(23)26-2)13-14-27(24)16-11-7-4-8-12-16/h3-12,17-18H,13-14H2,1-2H3,(H,21,22)/t17-,18+,27+/m0/s1. The molecule has 0 spiro atoms. The lowest BCUT2D eigenvalue weighted by Crippen LogP contribution is -2.44. The van der Waals surface area contributed by atoms with E-state index in [9.17, 15) is 13.8 Å². The summed E-state index contributed by atoms with van der Waals surface area (Å²) in [7, 11) is 1.40. The Bertz CT molecular complexity index is 766. The Morgan fingerprint density at radius 2 is 1.59 bits per heavy atom. The molecule has 0 aliphatic carbocycles. The van der Waals surface area contributed by atoms with Crippen LogP contribution in [0.15, 0.2) is 65.6 Å². The van der Waals surface area contributed by atoms with E-state index in [0.29, 0.717) is 10.5 Å². The predicted octanol–water partition coefficient (Wildman–Crippen LogP) is 2.23. The minimum Gasteiger partial charge on any atom is -0.467 e. The van der Waals surface area contributed by atoms with E-state index >= 15 is 0 Å². The van der Waals surface area contributed by atoms with Crippen molar-refractivity contribution >= 4 is 22.7 Å². The molecule has 6 nitrogen and oxygen atoms in total. The summed E-state index contributed by atoms with van der Waals surface area (Å²) >= 11 is 0. The van der Waals surface area contributed by atoms with Crippen molar-refractivity contribution in [2.45, 2.75) is 23.5 Å². The fourth-order valence-corrected chi connectivity index (χ4v) is 3.72. The highest BCUT2D eigenvalue weighted by Gasteiger charge is 2.27. The summed E-state index contributed by atoms with van der Waals surface area (Å²) in [6.45, 7) is 0. The molecule has 27 heavy (non-hydrogen) atoms. The lowest BCUT2D eigenvalue weighted by atomic mass is 10.1. The molecule has 0 radical (unpaired) electrons. The van der Waals surface area contributed by atoms with Gasteiger partial charge in [-0.2, -0.15) is 0 Å². The number of rotatable bonds is 9. The first-order chi connectivity index (χ1) is 13.1. The highest BCUT2D eigenvalue weighted by atomic mass is 32.2. The van der Waals surface area contributed by atoms with Gasteiger partial charge < -0.3 is 14.8 Å². The van der Waals surface area contributed by atoms with Gasteiger partial charge in [-0.15, -0.1) is 0 Å². The average Bonchev–Trinajstić information content (AvgIpc) is 2.72. The molecule has 3 atom stereocenters. The molecule has 0 aromatic heterocycles. The average molecular weight is 389 g/mol. The number of nitrogens with one attached hydrogen (secondary N) is 1. The number of hydrogen-bond acceptors (Lipinski definition) is 5. The van der Waals surface area contributed by atoms with Crippen LogP contribution >= 0.6 is 0 Å². The maximum atomic E-state index is 12.6. The Balaban J connectivity index is 2.04. The van der Waals surface area contributed by atoms with Crippen molar-refractivity contribution in [3.05, 3.63) is 66.2 Å². The number of methoxy groups -OCH3 is 2. The molecule has 0 aliphatic rings. The molecule has 1 amide bonds. The van der Waals surface area contributed by atoms with Crippen LogP contribution in [0.25, 0.3) is 0 Å². The number of carbonyl (C=O) groups excluding carboxylic acids is 2. The number of ether oxygens (including phenoxy) is 2. The lowest BCUT2D eigenvalue weighted by molar-refractivity contribution is -0.146. The third-order valence-electron chi connectivity index (χ3n) is 3.98. The molecule has 2 aromatic carbocycles. The fourth-order valence-electron chi connectivity index (χ4n) is 2.58. The minimum atomic E-state index is -1.28. The minimum absolute atomic E-state index is 0.186. The third-order valence-corrected chi connectivity index (χ3v) is 5.38. The third kappa shape index (κ3) is 6.01. The number of hydrogen-bond donors (Lipinski definition) is 1. The molecule has 0 heterocycles. The van der Waals surface area contributed by atoms with E-state index in [0.717, 1.165) is 0 Å². The molecule has 0 fully saturated rings. The van der Waals surface area contributed by atoms with Gasteiger partial charge in [0.2, 0.25) is 0 Å². The Hall–Kier alpha value is -2.51. The second-order valence-electron chi connectivity index (χ2n) is 5.76. The van der Waals surface area contributed by atoms with Crippen LogP contribution in [0.4, 0.5) is 0 Å². The Kier molecular flexibility index (Phi) is 8.16. The topological polar surface area (TPSA) is 81.7 Å². The molecular weight excluding hydrogens is 366 g/mol. The van der Waals surface area contributed by atoms with E-state index < -0.39 is 34.8 Å². The summed E-state index contributed by atoms with van der Waals surface area (Å²) < 4.78 is 22.4. The van der Waals surface area contributed by atoms with Crippen LogP contribution in [-0.2, 0) is 29.9 Å². The maximum absolute atomic E-state index is 12.6. The van der Waals surface area contributed by atoms with Crippen molar-refractivity contribution in [1.29, 1.82) is 0 Å². The normalized spacial score (nSPS) is 14.0.